The van der Waals surface area contributed by atoms with Crippen LogP contribution in [-0.2, 0) is 36.0 Å². The second kappa shape index (κ2) is 10.2. The van der Waals surface area contributed by atoms with Crippen LogP contribution in [-0.4, -0.2) is 38.6 Å². The minimum Gasteiger partial charge on any atom is -0.342 e. The second-order valence-corrected chi connectivity index (χ2v) is 10.1. The van der Waals surface area contributed by atoms with Crippen LogP contribution in [0.2, 0.25) is 0 Å². The Morgan fingerprint density at radius 1 is 1.00 bits per heavy atom. The number of aromatic nitrogens is 2. The van der Waals surface area contributed by atoms with Crippen molar-refractivity contribution >= 4 is 23.3 Å². The molecule has 0 bridgehead atoms. The molecule has 2 amide bonds. The zero-order chi connectivity index (χ0) is 25.2. The Balaban J connectivity index is 1.37. The molecule has 2 atom stereocenters. The summed E-state index contributed by atoms with van der Waals surface area (Å²) in [6.07, 6.45) is 5.10. The average Bonchev–Trinajstić information content (AvgIpc) is 3.50. The van der Waals surface area contributed by atoms with Crippen LogP contribution in [0.4, 0.5) is 11.5 Å². The van der Waals surface area contributed by atoms with E-state index in [-0.39, 0.29) is 23.7 Å². The van der Waals surface area contributed by atoms with E-state index in [1.54, 1.807) is 10.9 Å². The van der Waals surface area contributed by atoms with E-state index >= 15 is 0 Å². The largest absolute Gasteiger partial charge is 0.342 e. The monoisotopic (exact) mass is 485 g/mol. The molecule has 1 fully saturated rings. The normalized spacial score (nSPS) is 20.1. The zero-order valence-corrected chi connectivity index (χ0v) is 21.3. The number of nitrogens with zero attached hydrogens (tertiary/aromatic N) is 3. The molecule has 5 rings (SSSR count). The van der Waals surface area contributed by atoms with Gasteiger partial charge in [-0.2, -0.15) is 5.10 Å². The lowest BCUT2D eigenvalue weighted by molar-refractivity contribution is -0.154. The molecule has 2 aromatic carbocycles. The third kappa shape index (κ3) is 4.62. The highest BCUT2D eigenvalue weighted by atomic mass is 16.2. The van der Waals surface area contributed by atoms with E-state index in [9.17, 15) is 9.59 Å². The fraction of sp³-hybridized carbons (Fsp3) is 0.414. The SMILES string of the molecule is CCC(CC)[C@@H]1C(=O)N[C@H](C2Cc3ccccc3C2)C(=O)N1Cc1ccc(Nc2ccnn2C)cc1. The van der Waals surface area contributed by atoms with Gasteiger partial charge in [0.05, 0.1) is 6.20 Å². The molecular formula is C29H35N5O2. The number of rotatable bonds is 8. The van der Waals surface area contributed by atoms with Gasteiger partial charge in [0.25, 0.3) is 0 Å². The molecule has 0 radical (unpaired) electrons. The van der Waals surface area contributed by atoms with Gasteiger partial charge in [0.2, 0.25) is 11.8 Å². The number of hydrogen-bond acceptors (Lipinski definition) is 4. The summed E-state index contributed by atoms with van der Waals surface area (Å²) in [5.41, 5.74) is 4.53. The highest BCUT2D eigenvalue weighted by Crippen LogP contribution is 2.33. The third-order valence-electron chi connectivity index (χ3n) is 7.90. The molecule has 1 aliphatic carbocycles. The number of piperazine rings is 1. The van der Waals surface area contributed by atoms with Gasteiger partial charge in [-0.1, -0.05) is 63.1 Å². The summed E-state index contributed by atoms with van der Waals surface area (Å²) in [7, 11) is 1.89. The number of hydrogen-bond donors (Lipinski definition) is 2. The van der Waals surface area contributed by atoms with Gasteiger partial charge in [0.1, 0.15) is 17.9 Å². The van der Waals surface area contributed by atoms with Gasteiger partial charge in [-0.15, -0.1) is 0 Å². The maximum atomic E-state index is 14.0. The van der Waals surface area contributed by atoms with E-state index in [4.69, 9.17) is 0 Å². The first-order chi connectivity index (χ1) is 17.5. The number of anilines is 2. The quantitative estimate of drug-likeness (QED) is 0.501. The molecule has 7 heteroatoms. The Morgan fingerprint density at radius 2 is 1.67 bits per heavy atom. The van der Waals surface area contributed by atoms with Gasteiger partial charge in [0, 0.05) is 25.3 Å². The molecule has 1 aromatic heterocycles. The number of carbonyl (C=O) groups is 2. The average molecular weight is 486 g/mol. The fourth-order valence-electron chi connectivity index (χ4n) is 5.82. The summed E-state index contributed by atoms with van der Waals surface area (Å²) in [6, 6.07) is 17.4. The first-order valence-electron chi connectivity index (χ1n) is 13.0. The maximum Gasteiger partial charge on any atom is 0.246 e. The van der Waals surface area contributed by atoms with Crippen molar-refractivity contribution in [2.75, 3.05) is 5.32 Å². The summed E-state index contributed by atoms with van der Waals surface area (Å²) in [5.74, 6) is 1.15. The van der Waals surface area contributed by atoms with E-state index < -0.39 is 12.1 Å². The molecule has 36 heavy (non-hydrogen) atoms. The third-order valence-corrected chi connectivity index (χ3v) is 7.90. The number of aryl methyl sites for hydroxylation is 1. The van der Waals surface area contributed by atoms with Gasteiger partial charge in [-0.25, -0.2) is 0 Å². The van der Waals surface area contributed by atoms with E-state index in [0.717, 1.165) is 42.8 Å². The van der Waals surface area contributed by atoms with E-state index in [0.29, 0.717) is 6.54 Å². The van der Waals surface area contributed by atoms with Crippen LogP contribution in [0.1, 0.15) is 43.4 Å². The minimum absolute atomic E-state index is 0.0150. The summed E-state index contributed by atoms with van der Waals surface area (Å²) in [4.78, 5) is 29.3. The molecular weight excluding hydrogens is 450 g/mol. The van der Waals surface area contributed by atoms with E-state index in [1.165, 1.54) is 11.1 Å². The van der Waals surface area contributed by atoms with Crippen LogP contribution < -0.4 is 10.6 Å². The van der Waals surface area contributed by atoms with Crippen molar-refractivity contribution in [3.05, 3.63) is 77.5 Å². The van der Waals surface area contributed by atoms with Crippen LogP contribution in [0.15, 0.2) is 60.8 Å². The molecule has 188 valence electrons. The predicted octanol–water partition coefficient (Wildman–Crippen LogP) is 4.21. The lowest BCUT2D eigenvalue weighted by atomic mass is 9.86. The number of nitrogens with one attached hydrogen (secondary N) is 2. The number of benzene rings is 2. The van der Waals surface area contributed by atoms with Crippen molar-refractivity contribution < 1.29 is 9.59 Å². The standard InChI is InChI=1S/C29H35N5O2/c1-4-20(5-2)27-28(35)32-26(23-16-21-8-6-7-9-22(21)17-23)29(36)34(27)18-19-10-12-24(13-11-19)31-25-14-15-30-33(25)3/h6-15,20,23,26-27,31H,4-5,16-18H2,1-3H3,(H,32,35)/t26-,27-/m1/s1. The number of amides is 2. The van der Waals surface area contributed by atoms with Gasteiger partial charge < -0.3 is 15.5 Å². The van der Waals surface area contributed by atoms with Gasteiger partial charge in [-0.05, 0) is 53.5 Å². The molecule has 2 N–H and O–H groups in total. The van der Waals surface area contributed by atoms with E-state index in [1.807, 2.05) is 54.4 Å². The Hall–Kier alpha value is -3.61. The topological polar surface area (TPSA) is 79.3 Å². The summed E-state index contributed by atoms with van der Waals surface area (Å²) < 4.78 is 1.78. The second-order valence-electron chi connectivity index (χ2n) is 10.1. The molecule has 1 aliphatic heterocycles. The Kier molecular flexibility index (Phi) is 6.81. The van der Waals surface area contributed by atoms with Crippen molar-refractivity contribution in [1.29, 1.82) is 0 Å². The van der Waals surface area contributed by atoms with Crippen molar-refractivity contribution in [2.24, 2.45) is 18.9 Å². The highest BCUT2D eigenvalue weighted by Gasteiger charge is 2.46. The summed E-state index contributed by atoms with van der Waals surface area (Å²) >= 11 is 0. The Labute approximate surface area is 212 Å². The Morgan fingerprint density at radius 3 is 2.25 bits per heavy atom. The summed E-state index contributed by atoms with van der Waals surface area (Å²) in [6.45, 7) is 4.63. The molecule has 0 spiro atoms. The van der Waals surface area contributed by atoms with Crippen molar-refractivity contribution in [3.8, 4) is 0 Å². The van der Waals surface area contributed by atoms with Crippen molar-refractivity contribution in [3.63, 3.8) is 0 Å². The van der Waals surface area contributed by atoms with Crippen molar-refractivity contribution in [1.82, 2.24) is 20.0 Å². The molecule has 3 aromatic rings. The maximum absolute atomic E-state index is 14.0. The lowest BCUT2D eigenvalue weighted by Gasteiger charge is -2.43. The minimum atomic E-state index is -0.485. The smallest absolute Gasteiger partial charge is 0.246 e. The van der Waals surface area contributed by atoms with Crippen LogP contribution >= 0.6 is 0 Å². The van der Waals surface area contributed by atoms with Crippen LogP contribution in [0, 0.1) is 11.8 Å². The lowest BCUT2D eigenvalue weighted by Crippen LogP contribution is -2.66. The zero-order valence-electron chi connectivity index (χ0n) is 21.3. The van der Waals surface area contributed by atoms with Crippen molar-refractivity contribution in [2.45, 2.75) is 58.2 Å². The van der Waals surface area contributed by atoms with Crippen LogP contribution in [0.25, 0.3) is 0 Å². The fourth-order valence-corrected chi connectivity index (χ4v) is 5.82. The highest BCUT2D eigenvalue weighted by molar-refractivity contribution is 5.97. The molecule has 1 saturated heterocycles. The molecule has 0 saturated carbocycles. The molecule has 7 nitrogen and oxygen atoms in total. The van der Waals surface area contributed by atoms with Gasteiger partial charge in [0.15, 0.2) is 0 Å². The van der Waals surface area contributed by atoms with E-state index in [2.05, 4.69) is 41.7 Å². The molecule has 2 heterocycles. The molecule has 2 aliphatic rings. The number of carbonyl (C=O) groups excluding carboxylic acids is 2. The molecule has 0 unspecified atom stereocenters. The van der Waals surface area contributed by atoms with Gasteiger partial charge >= 0.3 is 0 Å². The Bertz CT molecular complexity index is 1210. The van der Waals surface area contributed by atoms with Crippen LogP contribution in [0.3, 0.4) is 0 Å². The van der Waals surface area contributed by atoms with Crippen LogP contribution in [0.5, 0.6) is 0 Å². The summed E-state index contributed by atoms with van der Waals surface area (Å²) in [5, 5.41) is 10.7. The first kappa shape index (κ1) is 24.1. The number of fused-ring (bicyclic) bond motifs is 1. The van der Waals surface area contributed by atoms with Gasteiger partial charge in [-0.3, -0.25) is 14.3 Å². The first-order valence-corrected chi connectivity index (χ1v) is 13.0. The predicted molar refractivity (Wildman–Crippen MR) is 141 cm³/mol.